The molecule has 152 valence electrons. The molecule has 0 aliphatic carbocycles. The molecule has 4 rings (SSSR count). The van der Waals surface area contributed by atoms with Crippen LogP contribution in [-0.2, 0) is 16.0 Å². The maximum absolute atomic E-state index is 12.6. The Morgan fingerprint density at radius 1 is 0.964 bits per heavy atom. The summed E-state index contributed by atoms with van der Waals surface area (Å²) in [7, 11) is 0. The molecule has 3 saturated heterocycles. The standard InChI is InChI=1S/C23H33N3O2/c27-22-7-4-12-25(22)18-23(28)26-16-11-21(17-26)20-9-14-24(15-10-20)13-8-19-5-2-1-3-6-19/h1-3,5-6,20-21H,4,7-18H2/t21-/m1/s1. The van der Waals surface area contributed by atoms with Crippen LogP contribution in [-0.4, -0.2) is 72.3 Å². The van der Waals surface area contributed by atoms with Crippen LogP contribution in [0.3, 0.4) is 0 Å². The second-order valence-corrected chi connectivity index (χ2v) is 8.72. The molecule has 5 heteroatoms. The van der Waals surface area contributed by atoms with Gasteiger partial charge in [-0.3, -0.25) is 9.59 Å². The van der Waals surface area contributed by atoms with Gasteiger partial charge in [-0.2, -0.15) is 0 Å². The van der Waals surface area contributed by atoms with Gasteiger partial charge in [0.1, 0.15) is 0 Å². The number of hydrogen-bond acceptors (Lipinski definition) is 3. The van der Waals surface area contributed by atoms with Crippen LogP contribution in [0.1, 0.15) is 37.7 Å². The van der Waals surface area contributed by atoms with Crippen molar-refractivity contribution in [2.24, 2.45) is 11.8 Å². The van der Waals surface area contributed by atoms with Crippen LogP contribution in [0, 0.1) is 11.8 Å². The summed E-state index contributed by atoms with van der Waals surface area (Å²) in [5, 5.41) is 0. The highest BCUT2D eigenvalue weighted by atomic mass is 16.2. The smallest absolute Gasteiger partial charge is 0.242 e. The van der Waals surface area contributed by atoms with Gasteiger partial charge in [0.15, 0.2) is 0 Å². The van der Waals surface area contributed by atoms with Crippen molar-refractivity contribution in [1.82, 2.24) is 14.7 Å². The van der Waals surface area contributed by atoms with E-state index >= 15 is 0 Å². The highest BCUT2D eigenvalue weighted by Crippen LogP contribution is 2.32. The lowest BCUT2D eigenvalue weighted by atomic mass is 9.83. The van der Waals surface area contributed by atoms with E-state index in [2.05, 4.69) is 35.2 Å². The van der Waals surface area contributed by atoms with Crippen molar-refractivity contribution >= 4 is 11.8 Å². The Hall–Kier alpha value is -1.88. The summed E-state index contributed by atoms with van der Waals surface area (Å²) in [5.74, 6) is 1.69. The lowest BCUT2D eigenvalue weighted by molar-refractivity contribution is -0.137. The van der Waals surface area contributed by atoms with Crippen molar-refractivity contribution in [3.05, 3.63) is 35.9 Å². The molecule has 0 bridgehead atoms. The van der Waals surface area contributed by atoms with E-state index in [0.29, 0.717) is 18.9 Å². The minimum Gasteiger partial charge on any atom is -0.341 e. The van der Waals surface area contributed by atoms with E-state index in [9.17, 15) is 9.59 Å². The van der Waals surface area contributed by atoms with Crippen molar-refractivity contribution in [1.29, 1.82) is 0 Å². The van der Waals surface area contributed by atoms with Gasteiger partial charge in [-0.15, -0.1) is 0 Å². The third-order valence-corrected chi connectivity index (χ3v) is 6.93. The number of carbonyl (C=O) groups is 2. The SMILES string of the molecule is O=C1CCCN1CC(=O)N1CC[C@@H](C2CCN(CCc3ccccc3)CC2)C1. The fourth-order valence-corrected chi connectivity index (χ4v) is 5.11. The van der Waals surface area contributed by atoms with Crippen LogP contribution in [0.5, 0.6) is 0 Å². The number of likely N-dealkylation sites (tertiary alicyclic amines) is 3. The van der Waals surface area contributed by atoms with E-state index in [1.54, 1.807) is 4.90 Å². The Bertz CT molecular complexity index is 670. The molecule has 0 saturated carbocycles. The molecule has 2 amide bonds. The maximum Gasteiger partial charge on any atom is 0.242 e. The van der Waals surface area contributed by atoms with Gasteiger partial charge in [-0.1, -0.05) is 30.3 Å². The Morgan fingerprint density at radius 2 is 1.71 bits per heavy atom. The molecule has 1 aromatic rings. The minimum atomic E-state index is 0.145. The fraction of sp³-hybridized carbons (Fsp3) is 0.652. The van der Waals surface area contributed by atoms with Crippen molar-refractivity contribution in [2.75, 3.05) is 45.8 Å². The van der Waals surface area contributed by atoms with Gasteiger partial charge in [0.2, 0.25) is 11.8 Å². The number of amides is 2. The molecule has 3 fully saturated rings. The van der Waals surface area contributed by atoms with Gasteiger partial charge in [0.25, 0.3) is 0 Å². The summed E-state index contributed by atoms with van der Waals surface area (Å²) in [6.07, 6.45) is 6.29. The molecule has 0 radical (unpaired) electrons. The second kappa shape index (κ2) is 9.08. The lowest BCUT2D eigenvalue weighted by Gasteiger charge is -2.35. The predicted molar refractivity (Wildman–Crippen MR) is 110 cm³/mol. The molecule has 5 nitrogen and oxygen atoms in total. The Labute approximate surface area is 168 Å². The van der Waals surface area contributed by atoms with Gasteiger partial charge in [0, 0.05) is 32.6 Å². The van der Waals surface area contributed by atoms with E-state index in [1.165, 1.54) is 31.5 Å². The summed E-state index contributed by atoms with van der Waals surface area (Å²) >= 11 is 0. The number of nitrogens with zero attached hydrogens (tertiary/aromatic N) is 3. The number of piperidine rings is 1. The second-order valence-electron chi connectivity index (χ2n) is 8.72. The molecule has 0 spiro atoms. The van der Waals surface area contributed by atoms with E-state index < -0.39 is 0 Å². The topological polar surface area (TPSA) is 43.9 Å². The molecular weight excluding hydrogens is 350 g/mol. The molecule has 28 heavy (non-hydrogen) atoms. The average molecular weight is 384 g/mol. The van der Waals surface area contributed by atoms with Crippen LogP contribution in [0.15, 0.2) is 30.3 Å². The minimum absolute atomic E-state index is 0.145. The number of benzene rings is 1. The Balaban J connectivity index is 1.18. The van der Waals surface area contributed by atoms with Gasteiger partial charge in [-0.25, -0.2) is 0 Å². The van der Waals surface area contributed by atoms with Gasteiger partial charge in [-0.05, 0) is 62.6 Å². The molecule has 3 heterocycles. The van der Waals surface area contributed by atoms with Crippen LogP contribution < -0.4 is 0 Å². The van der Waals surface area contributed by atoms with Crippen molar-refractivity contribution in [2.45, 2.75) is 38.5 Å². The largest absolute Gasteiger partial charge is 0.341 e. The first-order valence-electron chi connectivity index (χ1n) is 11.0. The zero-order chi connectivity index (χ0) is 19.3. The first kappa shape index (κ1) is 19.4. The first-order valence-corrected chi connectivity index (χ1v) is 11.0. The Kier molecular flexibility index (Phi) is 6.30. The van der Waals surface area contributed by atoms with Crippen molar-refractivity contribution < 1.29 is 9.59 Å². The third kappa shape index (κ3) is 4.75. The van der Waals surface area contributed by atoms with Gasteiger partial charge >= 0.3 is 0 Å². The molecular formula is C23H33N3O2. The Morgan fingerprint density at radius 3 is 2.43 bits per heavy atom. The van der Waals surface area contributed by atoms with Gasteiger partial charge < -0.3 is 14.7 Å². The van der Waals surface area contributed by atoms with Crippen molar-refractivity contribution in [3.63, 3.8) is 0 Å². The van der Waals surface area contributed by atoms with Crippen LogP contribution in [0.4, 0.5) is 0 Å². The molecule has 1 atom stereocenters. The average Bonchev–Trinajstić information content (AvgIpc) is 3.37. The summed E-state index contributed by atoms with van der Waals surface area (Å²) in [5.41, 5.74) is 1.42. The lowest BCUT2D eigenvalue weighted by Crippen LogP contribution is -2.41. The summed E-state index contributed by atoms with van der Waals surface area (Å²) in [6, 6.07) is 10.7. The van der Waals surface area contributed by atoms with Crippen LogP contribution >= 0.6 is 0 Å². The molecule has 3 aliphatic rings. The molecule has 0 aromatic heterocycles. The van der Waals surface area contributed by atoms with Crippen LogP contribution in [0.2, 0.25) is 0 Å². The molecule has 0 unspecified atom stereocenters. The van der Waals surface area contributed by atoms with Crippen molar-refractivity contribution in [3.8, 4) is 0 Å². The van der Waals surface area contributed by atoms with E-state index in [1.807, 2.05) is 4.90 Å². The summed E-state index contributed by atoms with van der Waals surface area (Å²) in [6.45, 7) is 6.34. The van der Waals surface area contributed by atoms with E-state index in [4.69, 9.17) is 0 Å². The predicted octanol–water partition coefficient (Wildman–Crippen LogP) is 2.41. The number of hydrogen-bond donors (Lipinski definition) is 0. The summed E-state index contributed by atoms with van der Waals surface area (Å²) < 4.78 is 0. The third-order valence-electron chi connectivity index (χ3n) is 6.93. The number of rotatable bonds is 6. The maximum atomic E-state index is 12.6. The highest BCUT2D eigenvalue weighted by Gasteiger charge is 2.34. The first-order chi connectivity index (χ1) is 13.7. The quantitative estimate of drug-likeness (QED) is 0.758. The number of carbonyl (C=O) groups excluding carboxylic acids is 2. The monoisotopic (exact) mass is 383 g/mol. The van der Waals surface area contributed by atoms with E-state index in [0.717, 1.165) is 51.4 Å². The zero-order valence-electron chi connectivity index (χ0n) is 16.9. The van der Waals surface area contributed by atoms with Crippen LogP contribution in [0.25, 0.3) is 0 Å². The summed E-state index contributed by atoms with van der Waals surface area (Å²) in [4.78, 5) is 30.7. The van der Waals surface area contributed by atoms with E-state index in [-0.39, 0.29) is 11.8 Å². The highest BCUT2D eigenvalue weighted by molar-refractivity contribution is 5.86. The molecule has 1 aromatic carbocycles. The van der Waals surface area contributed by atoms with Gasteiger partial charge in [0.05, 0.1) is 6.54 Å². The normalized spacial score (nSPS) is 24.3. The fourth-order valence-electron chi connectivity index (χ4n) is 5.11. The molecule has 3 aliphatic heterocycles. The molecule has 0 N–H and O–H groups in total. The zero-order valence-corrected chi connectivity index (χ0v) is 16.9.